The molecule has 0 saturated carbocycles. The topological polar surface area (TPSA) is 68.0 Å². The summed E-state index contributed by atoms with van der Waals surface area (Å²) in [7, 11) is 0. The van der Waals surface area contributed by atoms with Crippen molar-refractivity contribution in [1.29, 1.82) is 0 Å². The van der Waals surface area contributed by atoms with Crippen LogP contribution in [0.3, 0.4) is 0 Å². The number of carbonyl (C=O) groups excluding carboxylic acids is 1. The van der Waals surface area contributed by atoms with Crippen LogP contribution in [0.4, 0.5) is 5.69 Å². The van der Waals surface area contributed by atoms with E-state index in [1.807, 2.05) is 31.2 Å². The molecule has 1 heterocycles. The molecule has 3 aromatic rings. The van der Waals surface area contributed by atoms with E-state index in [1.54, 1.807) is 12.1 Å². The third-order valence-corrected chi connectivity index (χ3v) is 4.82. The Morgan fingerprint density at radius 3 is 2.69 bits per heavy atom. The second-order valence-corrected chi connectivity index (χ2v) is 6.55. The average molecular weight is 347 g/mol. The normalized spacial score (nSPS) is 13.3. The van der Waals surface area contributed by atoms with Gasteiger partial charge in [-0.3, -0.25) is 4.79 Å². The summed E-state index contributed by atoms with van der Waals surface area (Å²) < 4.78 is 5.14. The molecule has 5 heteroatoms. The van der Waals surface area contributed by atoms with Crippen molar-refractivity contribution in [3.8, 4) is 11.4 Å². The van der Waals surface area contributed by atoms with Gasteiger partial charge in [0.05, 0.1) is 0 Å². The van der Waals surface area contributed by atoms with Gasteiger partial charge in [-0.25, -0.2) is 0 Å². The van der Waals surface area contributed by atoms with Gasteiger partial charge in [0, 0.05) is 23.2 Å². The van der Waals surface area contributed by atoms with Crippen molar-refractivity contribution in [2.75, 3.05) is 5.32 Å². The molecule has 1 aromatic heterocycles. The molecule has 4 rings (SSSR count). The monoisotopic (exact) mass is 347 g/mol. The number of rotatable bonds is 4. The number of aryl methyl sites for hydroxylation is 2. The van der Waals surface area contributed by atoms with Gasteiger partial charge in [-0.2, -0.15) is 4.98 Å². The summed E-state index contributed by atoms with van der Waals surface area (Å²) in [5.74, 6) is 1.06. The van der Waals surface area contributed by atoms with E-state index < -0.39 is 0 Å². The number of hydrogen-bond donors (Lipinski definition) is 1. The first-order valence-electron chi connectivity index (χ1n) is 9.09. The molecule has 2 aromatic carbocycles. The summed E-state index contributed by atoms with van der Waals surface area (Å²) in [6, 6.07) is 13.4. The average Bonchev–Trinajstić information content (AvgIpc) is 3.18. The molecule has 0 fully saturated rings. The van der Waals surface area contributed by atoms with E-state index in [-0.39, 0.29) is 5.91 Å². The summed E-state index contributed by atoms with van der Waals surface area (Å²) in [4.78, 5) is 16.9. The molecular weight excluding hydrogens is 326 g/mol. The second kappa shape index (κ2) is 7.12. The molecule has 0 aliphatic heterocycles. The SMILES string of the molecule is CCc1nc(-c2ccc(C(=O)Nc3cccc4c3CCCC4)cc2)no1. The Kier molecular flexibility index (Phi) is 4.52. The molecule has 132 valence electrons. The van der Waals surface area contributed by atoms with Crippen LogP contribution >= 0.6 is 0 Å². The maximum Gasteiger partial charge on any atom is 0.255 e. The van der Waals surface area contributed by atoms with Crippen molar-refractivity contribution in [3.05, 3.63) is 65.0 Å². The van der Waals surface area contributed by atoms with Crippen LogP contribution in [-0.4, -0.2) is 16.0 Å². The van der Waals surface area contributed by atoms with Crippen LogP contribution in [0, 0.1) is 0 Å². The van der Waals surface area contributed by atoms with Gasteiger partial charge in [-0.05, 0) is 55.0 Å². The first-order chi connectivity index (χ1) is 12.7. The minimum Gasteiger partial charge on any atom is -0.339 e. The van der Waals surface area contributed by atoms with Crippen LogP contribution in [-0.2, 0) is 19.3 Å². The van der Waals surface area contributed by atoms with E-state index in [4.69, 9.17) is 4.52 Å². The number of nitrogens with zero attached hydrogens (tertiary/aromatic N) is 2. The fourth-order valence-electron chi connectivity index (χ4n) is 3.38. The lowest BCUT2D eigenvalue weighted by Gasteiger charge is -2.19. The lowest BCUT2D eigenvalue weighted by molar-refractivity contribution is 0.102. The minimum absolute atomic E-state index is 0.0992. The summed E-state index contributed by atoms with van der Waals surface area (Å²) in [6.07, 6.45) is 5.23. The molecule has 0 saturated heterocycles. The molecular formula is C21H21N3O2. The van der Waals surface area contributed by atoms with Crippen LogP contribution in [0.25, 0.3) is 11.4 Å². The second-order valence-electron chi connectivity index (χ2n) is 6.55. The van der Waals surface area contributed by atoms with Crippen molar-refractivity contribution >= 4 is 11.6 Å². The molecule has 26 heavy (non-hydrogen) atoms. The van der Waals surface area contributed by atoms with Crippen LogP contribution in [0.1, 0.15) is 47.1 Å². The van der Waals surface area contributed by atoms with Crippen LogP contribution in [0.2, 0.25) is 0 Å². The molecule has 1 N–H and O–H groups in total. The van der Waals surface area contributed by atoms with Gasteiger partial charge in [0.15, 0.2) is 0 Å². The number of benzene rings is 2. The summed E-state index contributed by atoms with van der Waals surface area (Å²) >= 11 is 0. The Balaban J connectivity index is 1.52. The highest BCUT2D eigenvalue weighted by Crippen LogP contribution is 2.28. The Labute approximate surface area is 152 Å². The van der Waals surface area contributed by atoms with E-state index in [0.29, 0.717) is 23.7 Å². The van der Waals surface area contributed by atoms with Crippen LogP contribution in [0.15, 0.2) is 47.0 Å². The molecule has 1 aliphatic carbocycles. The Hall–Kier alpha value is -2.95. The zero-order chi connectivity index (χ0) is 17.9. The van der Waals surface area contributed by atoms with Gasteiger partial charge in [0.1, 0.15) is 0 Å². The predicted molar refractivity (Wildman–Crippen MR) is 100 cm³/mol. The van der Waals surface area contributed by atoms with E-state index in [0.717, 1.165) is 24.1 Å². The predicted octanol–water partition coefficient (Wildman–Crippen LogP) is 4.43. The van der Waals surface area contributed by atoms with Gasteiger partial charge in [0.2, 0.25) is 11.7 Å². The maximum absolute atomic E-state index is 12.6. The highest BCUT2D eigenvalue weighted by Gasteiger charge is 2.15. The van der Waals surface area contributed by atoms with Gasteiger partial charge >= 0.3 is 0 Å². The van der Waals surface area contributed by atoms with E-state index in [9.17, 15) is 4.79 Å². The third-order valence-electron chi connectivity index (χ3n) is 4.82. The molecule has 1 amide bonds. The van der Waals surface area contributed by atoms with Crippen molar-refractivity contribution in [3.63, 3.8) is 0 Å². The van der Waals surface area contributed by atoms with Crippen LogP contribution in [0.5, 0.6) is 0 Å². The van der Waals surface area contributed by atoms with Gasteiger partial charge in [0.25, 0.3) is 5.91 Å². The molecule has 0 radical (unpaired) electrons. The quantitative estimate of drug-likeness (QED) is 0.758. The number of anilines is 1. The van der Waals surface area contributed by atoms with Crippen molar-refractivity contribution in [2.24, 2.45) is 0 Å². The molecule has 1 aliphatic rings. The fraction of sp³-hybridized carbons (Fsp3) is 0.286. The number of fused-ring (bicyclic) bond motifs is 1. The van der Waals surface area contributed by atoms with E-state index in [2.05, 4.69) is 21.5 Å². The standard InChI is InChI=1S/C21H21N3O2/c1-2-19-23-20(24-26-19)15-10-12-16(13-11-15)21(25)22-18-9-5-7-14-6-3-4-8-17(14)18/h5,7,9-13H,2-4,6,8H2,1H3,(H,22,25). The molecule has 0 unspecified atom stereocenters. The van der Waals surface area contributed by atoms with Crippen LogP contribution < -0.4 is 5.32 Å². The minimum atomic E-state index is -0.0992. The number of aromatic nitrogens is 2. The maximum atomic E-state index is 12.6. The smallest absolute Gasteiger partial charge is 0.255 e. The molecule has 0 atom stereocenters. The number of hydrogen-bond acceptors (Lipinski definition) is 4. The Bertz CT molecular complexity index is 929. The van der Waals surface area contributed by atoms with Crippen molar-refractivity contribution in [1.82, 2.24) is 10.1 Å². The van der Waals surface area contributed by atoms with Crippen molar-refractivity contribution in [2.45, 2.75) is 39.0 Å². The zero-order valence-electron chi connectivity index (χ0n) is 14.8. The first-order valence-corrected chi connectivity index (χ1v) is 9.09. The van der Waals surface area contributed by atoms with Gasteiger partial charge in [-0.15, -0.1) is 0 Å². The van der Waals surface area contributed by atoms with Gasteiger partial charge in [-0.1, -0.05) is 36.3 Å². The lowest BCUT2D eigenvalue weighted by atomic mass is 9.90. The molecule has 0 spiro atoms. The lowest BCUT2D eigenvalue weighted by Crippen LogP contribution is -2.15. The van der Waals surface area contributed by atoms with Crippen molar-refractivity contribution < 1.29 is 9.32 Å². The number of amides is 1. The molecule has 5 nitrogen and oxygen atoms in total. The number of nitrogens with one attached hydrogen (secondary N) is 1. The highest BCUT2D eigenvalue weighted by molar-refractivity contribution is 6.05. The zero-order valence-corrected chi connectivity index (χ0v) is 14.8. The number of carbonyl (C=O) groups is 1. The first kappa shape index (κ1) is 16.5. The fourth-order valence-corrected chi connectivity index (χ4v) is 3.38. The summed E-state index contributed by atoms with van der Waals surface area (Å²) in [5, 5.41) is 7.03. The Morgan fingerprint density at radius 1 is 1.12 bits per heavy atom. The van der Waals surface area contributed by atoms with E-state index in [1.165, 1.54) is 24.0 Å². The van der Waals surface area contributed by atoms with Gasteiger partial charge < -0.3 is 9.84 Å². The molecule has 0 bridgehead atoms. The summed E-state index contributed by atoms with van der Waals surface area (Å²) in [5.41, 5.74) is 5.02. The van der Waals surface area contributed by atoms with E-state index >= 15 is 0 Å². The summed E-state index contributed by atoms with van der Waals surface area (Å²) in [6.45, 7) is 1.97. The Morgan fingerprint density at radius 2 is 1.92 bits per heavy atom. The largest absolute Gasteiger partial charge is 0.339 e. The highest BCUT2D eigenvalue weighted by atomic mass is 16.5. The third kappa shape index (κ3) is 3.25.